The molecule has 1 saturated carbocycles. The number of ether oxygens (including phenoxy) is 1. The number of hydrogen-bond acceptors (Lipinski definition) is 7. The lowest BCUT2D eigenvalue weighted by molar-refractivity contribution is 0.177. The summed E-state index contributed by atoms with van der Waals surface area (Å²) in [7, 11) is 1.66. The van der Waals surface area contributed by atoms with Gasteiger partial charge in [-0.3, -0.25) is 0 Å². The average molecular weight is 416 g/mol. The molecular weight excluding hydrogens is 389 g/mol. The van der Waals surface area contributed by atoms with E-state index in [9.17, 15) is 0 Å². The fourth-order valence-electron chi connectivity index (χ4n) is 3.58. The highest BCUT2D eigenvalue weighted by atomic mass is 35.5. The fraction of sp³-hybridized carbons (Fsp3) is 0.647. The number of hydrogen-bond donors (Lipinski definition) is 2. The second-order valence-electron chi connectivity index (χ2n) is 6.95. The summed E-state index contributed by atoms with van der Waals surface area (Å²) >= 11 is 0. The minimum atomic E-state index is 0. The molecule has 1 aliphatic carbocycles. The molecule has 2 aromatic rings. The monoisotopic (exact) mass is 415 g/mol. The van der Waals surface area contributed by atoms with Crippen LogP contribution in [0.5, 0.6) is 0 Å². The fourth-order valence-corrected chi connectivity index (χ4v) is 3.58. The summed E-state index contributed by atoms with van der Waals surface area (Å²) in [6.45, 7) is 2.02. The Morgan fingerprint density at radius 3 is 2.78 bits per heavy atom. The Morgan fingerprint density at radius 1 is 1.22 bits per heavy atom. The SMILES string of the molecule is COCc1nc(NCc2nnc3n2CCCC3)cc(C2CC(N)C2)n1.Cl.Cl. The minimum absolute atomic E-state index is 0. The van der Waals surface area contributed by atoms with E-state index in [1.165, 1.54) is 12.8 Å². The number of aryl methyl sites for hydroxylation is 1. The summed E-state index contributed by atoms with van der Waals surface area (Å²) in [6, 6.07) is 2.33. The van der Waals surface area contributed by atoms with Crippen LogP contribution in [0.15, 0.2) is 6.07 Å². The van der Waals surface area contributed by atoms with E-state index in [-0.39, 0.29) is 24.8 Å². The molecule has 0 saturated heterocycles. The van der Waals surface area contributed by atoms with Crippen molar-refractivity contribution in [3.05, 3.63) is 29.2 Å². The second-order valence-corrected chi connectivity index (χ2v) is 6.95. The van der Waals surface area contributed by atoms with Crippen LogP contribution in [0.4, 0.5) is 5.82 Å². The van der Waals surface area contributed by atoms with Gasteiger partial charge in [-0.05, 0) is 25.7 Å². The van der Waals surface area contributed by atoms with Gasteiger partial charge in [-0.2, -0.15) is 0 Å². The molecule has 0 aromatic carbocycles. The van der Waals surface area contributed by atoms with Gasteiger partial charge in [0.15, 0.2) is 11.6 Å². The number of anilines is 1. The average Bonchev–Trinajstić information content (AvgIpc) is 3.00. The first-order valence-electron chi connectivity index (χ1n) is 9.00. The van der Waals surface area contributed by atoms with Gasteiger partial charge in [0.2, 0.25) is 0 Å². The smallest absolute Gasteiger partial charge is 0.156 e. The number of halogens is 2. The third-order valence-electron chi connectivity index (χ3n) is 5.02. The molecule has 0 radical (unpaired) electrons. The highest BCUT2D eigenvalue weighted by molar-refractivity contribution is 5.85. The molecule has 27 heavy (non-hydrogen) atoms. The third kappa shape index (κ3) is 4.87. The van der Waals surface area contributed by atoms with Crippen molar-refractivity contribution in [3.63, 3.8) is 0 Å². The molecule has 4 rings (SSSR count). The minimum Gasteiger partial charge on any atom is -0.377 e. The molecule has 10 heteroatoms. The summed E-state index contributed by atoms with van der Waals surface area (Å²) in [4.78, 5) is 9.19. The van der Waals surface area contributed by atoms with Crippen LogP contribution in [-0.4, -0.2) is 37.9 Å². The Morgan fingerprint density at radius 2 is 2.04 bits per heavy atom. The van der Waals surface area contributed by atoms with E-state index < -0.39 is 0 Å². The first-order valence-corrected chi connectivity index (χ1v) is 9.00. The third-order valence-corrected chi connectivity index (χ3v) is 5.02. The topological polar surface area (TPSA) is 104 Å². The van der Waals surface area contributed by atoms with Crippen molar-refractivity contribution < 1.29 is 4.74 Å². The zero-order valence-electron chi connectivity index (χ0n) is 15.4. The van der Waals surface area contributed by atoms with Crippen molar-refractivity contribution in [2.75, 3.05) is 12.4 Å². The molecule has 3 heterocycles. The molecule has 1 fully saturated rings. The molecule has 0 spiro atoms. The summed E-state index contributed by atoms with van der Waals surface area (Å²) in [5.41, 5.74) is 6.98. The van der Waals surface area contributed by atoms with Crippen LogP contribution in [0.25, 0.3) is 0 Å². The van der Waals surface area contributed by atoms with Crippen LogP contribution >= 0.6 is 24.8 Å². The van der Waals surface area contributed by atoms with Crippen molar-refractivity contribution in [2.45, 2.75) is 63.8 Å². The van der Waals surface area contributed by atoms with Crippen molar-refractivity contribution in [3.8, 4) is 0 Å². The largest absolute Gasteiger partial charge is 0.377 e. The standard InChI is InChI=1S/C17H25N7O.2ClH/c1-25-10-15-20-13(11-6-12(18)7-11)8-14(21-15)19-9-17-23-22-16-4-2-3-5-24(16)17;;/h8,11-12H,2-7,9-10,18H2,1H3,(H,19,20,21);2*1H. The van der Waals surface area contributed by atoms with E-state index in [2.05, 4.69) is 30.0 Å². The quantitative estimate of drug-likeness (QED) is 0.744. The maximum Gasteiger partial charge on any atom is 0.156 e. The second kappa shape index (κ2) is 9.64. The number of nitrogens with zero attached hydrogens (tertiary/aromatic N) is 5. The van der Waals surface area contributed by atoms with Crippen LogP contribution in [-0.2, 0) is 30.9 Å². The number of fused-ring (bicyclic) bond motifs is 1. The van der Waals surface area contributed by atoms with Crippen LogP contribution in [0.2, 0.25) is 0 Å². The van der Waals surface area contributed by atoms with Gasteiger partial charge in [0.1, 0.15) is 18.2 Å². The molecule has 0 amide bonds. The van der Waals surface area contributed by atoms with E-state index >= 15 is 0 Å². The number of methoxy groups -OCH3 is 1. The Bertz CT molecular complexity index is 749. The normalized spacial score (nSPS) is 20.7. The molecule has 150 valence electrons. The van der Waals surface area contributed by atoms with Gasteiger partial charge in [-0.15, -0.1) is 35.0 Å². The first kappa shape index (κ1) is 21.8. The summed E-state index contributed by atoms with van der Waals surface area (Å²) < 4.78 is 7.43. The zero-order chi connectivity index (χ0) is 17.2. The lowest BCUT2D eigenvalue weighted by Gasteiger charge is -2.32. The van der Waals surface area contributed by atoms with Crippen LogP contribution in [0, 0.1) is 0 Å². The number of nitrogens with one attached hydrogen (secondary N) is 1. The molecule has 2 aliphatic rings. The highest BCUT2D eigenvalue weighted by Crippen LogP contribution is 2.35. The maximum atomic E-state index is 5.93. The number of rotatable bonds is 6. The van der Waals surface area contributed by atoms with E-state index in [0.29, 0.717) is 30.9 Å². The number of nitrogens with two attached hydrogens (primary N) is 1. The molecule has 0 atom stereocenters. The molecule has 3 N–H and O–H groups in total. The van der Waals surface area contributed by atoms with E-state index in [0.717, 1.165) is 49.0 Å². The Kier molecular flexibility index (Phi) is 7.79. The van der Waals surface area contributed by atoms with Crippen molar-refractivity contribution in [2.24, 2.45) is 5.73 Å². The zero-order valence-corrected chi connectivity index (χ0v) is 17.1. The Labute approximate surface area is 171 Å². The summed E-state index contributed by atoms with van der Waals surface area (Å²) in [5, 5.41) is 12.0. The lowest BCUT2D eigenvalue weighted by atomic mass is 9.78. The van der Waals surface area contributed by atoms with Gasteiger partial charge in [0.25, 0.3) is 0 Å². The Balaban J connectivity index is 0.00000131. The summed E-state index contributed by atoms with van der Waals surface area (Å²) in [5.74, 6) is 4.00. The van der Waals surface area contributed by atoms with E-state index in [4.69, 9.17) is 10.5 Å². The van der Waals surface area contributed by atoms with Crippen molar-refractivity contribution in [1.82, 2.24) is 24.7 Å². The molecule has 2 aromatic heterocycles. The molecule has 1 aliphatic heterocycles. The van der Waals surface area contributed by atoms with Gasteiger partial charge in [0, 0.05) is 43.8 Å². The predicted molar refractivity (Wildman–Crippen MR) is 107 cm³/mol. The molecular formula is C17H27Cl2N7O. The van der Waals surface area contributed by atoms with Gasteiger partial charge < -0.3 is 20.4 Å². The van der Waals surface area contributed by atoms with Crippen molar-refractivity contribution >= 4 is 30.6 Å². The van der Waals surface area contributed by atoms with E-state index in [1.54, 1.807) is 7.11 Å². The lowest BCUT2D eigenvalue weighted by Crippen LogP contribution is -2.35. The first-order chi connectivity index (χ1) is 12.2. The van der Waals surface area contributed by atoms with Crippen LogP contribution in [0.1, 0.15) is 54.8 Å². The van der Waals surface area contributed by atoms with Gasteiger partial charge in [0.05, 0.1) is 6.54 Å². The molecule has 8 nitrogen and oxygen atoms in total. The van der Waals surface area contributed by atoms with Crippen LogP contribution in [0.3, 0.4) is 0 Å². The highest BCUT2D eigenvalue weighted by Gasteiger charge is 2.29. The Hall–Kier alpha value is -1.48. The van der Waals surface area contributed by atoms with Gasteiger partial charge in [-0.25, -0.2) is 9.97 Å². The maximum absolute atomic E-state index is 5.93. The number of aromatic nitrogens is 5. The predicted octanol–water partition coefficient (Wildman–Crippen LogP) is 2.21. The van der Waals surface area contributed by atoms with Crippen molar-refractivity contribution in [1.29, 1.82) is 0 Å². The molecule has 0 bridgehead atoms. The van der Waals surface area contributed by atoms with Gasteiger partial charge >= 0.3 is 0 Å². The van der Waals surface area contributed by atoms with E-state index in [1.807, 2.05) is 6.07 Å². The van der Waals surface area contributed by atoms with Crippen LogP contribution < -0.4 is 11.1 Å². The van der Waals surface area contributed by atoms with Gasteiger partial charge in [-0.1, -0.05) is 0 Å². The summed E-state index contributed by atoms with van der Waals surface area (Å²) in [6.07, 6.45) is 5.38. The molecule has 0 unspecified atom stereocenters.